The highest BCUT2D eigenvalue weighted by Gasteiger charge is 2.26. The van der Waals surface area contributed by atoms with Gasteiger partial charge in [0.15, 0.2) is 0 Å². The van der Waals surface area contributed by atoms with E-state index in [1.165, 1.54) is 12.8 Å². The molecule has 102 valence electrons. The molecule has 0 saturated carbocycles. The Hall–Kier alpha value is -1.75. The maximum Gasteiger partial charge on any atom is 0.0672 e. The van der Waals surface area contributed by atoms with Crippen LogP contribution < -0.4 is 10.6 Å². The topological polar surface area (TPSA) is 61.2 Å². The van der Waals surface area contributed by atoms with Crippen LogP contribution in [0.15, 0.2) is 18.3 Å². The molecule has 1 fully saturated rings. The molecule has 0 radical (unpaired) electrons. The molecule has 2 aromatic rings. The number of anilines is 2. The minimum absolute atomic E-state index is 0.553. The summed E-state index contributed by atoms with van der Waals surface area (Å²) in [6.45, 7) is 2.16. The molecule has 1 atom stereocenters. The number of fused-ring (bicyclic) bond motifs is 1. The van der Waals surface area contributed by atoms with Crippen LogP contribution in [-0.2, 0) is 0 Å². The highest BCUT2D eigenvalue weighted by atomic mass is 15.2. The Morgan fingerprint density at radius 3 is 3.11 bits per heavy atom. The molecule has 19 heavy (non-hydrogen) atoms. The lowest BCUT2D eigenvalue weighted by molar-refractivity contribution is 0.372. The maximum absolute atomic E-state index is 6.22. The Bertz CT molecular complexity index is 574. The summed E-state index contributed by atoms with van der Waals surface area (Å²) >= 11 is 0. The smallest absolute Gasteiger partial charge is 0.0672 e. The van der Waals surface area contributed by atoms with Gasteiger partial charge in [-0.25, -0.2) is 0 Å². The van der Waals surface area contributed by atoms with Gasteiger partial charge in [-0.15, -0.1) is 0 Å². The Morgan fingerprint density at radius 2 is 2.32 bits per heavy atom. The summed E-state index contributed by atoms with van der Waals surface area (Å²) in [4.78, 5) is 4.68. The monoisotopic (exact) mass is 259 g/mol. The molecular weight excluding hydrogens is 238 g/mol. The van der Waals surface area contributed by atoms with Crippen molar-refractivity contribution in [3.63, 3.8) is 0 Å². The van der Waals surface area contributed by atoms with Crippen molar-refractivity contribution in [1.82, 2.24) is 15.1 Å². The van der Waals surface area contributed by atoms with Gasteiger partial charge < -0.3 is 15.5 Å². The predicted octanol–water partition coefficient (Wildman–Crippen LogP) is 1.68. The Kier molecular flexibility index (Phi) is 3.06. The van der Waals surface area contributed by atoms with Crippen LogP contribution in [0.3, 0.4) is 0 Å². The summed E-state index contributed by atoms with van der Waals surface area (Å²) in [5.41, 5.74) is 9.26. The molecule has 1 saturated heterocycles. The summed E-state index contributed by atoms with van der Waals surface area (Å²) in [6, 6.07) is 4.70. The van der Waals surface area contributed by atoms with E-state index in [1.54, 1.807) is 0 Å². The summed E-state index contributed by atoms with van der Waals surface area (Å²) in [7, 11) is 4.25. The van der Waals surface area contributed by atoms with E-state index in [-0.39, 0.29) is 0 Å². The quantitative estimate of drug-likeness (QED) is 0.823. The summed E-state index contributed by atoms with van der Waals surface area (Å²) in [5.74, 6) is 0. The van der Waals surface area contributed by atoms with Crippen LogP contribution in [-0.4, -0.2) is 48.3 Å². The van der Waals surface area contributed by atoms with Gasteiger partial charge in [-0.3, -0.25) is 5.10 Å². The second-order valence-electron chi connectivity index (χ2n) is 5.62. The van der Waals surface area contributed by atoms with Crippen LogP contribution in [0.2, 0.25) is 0 Å². The Labute approximate surface area is 113 Å². The maximum atomic E-state index is 6.22. The number of nitrogens with two attached hydrogens (primary N) is 1. The van der Waals surface area contributed by atoms with Crippen molar-refractivity contribution in [2.75, 3.05) is 37.8 Å². The molecule has 1 aliphatic rings. The van der Waals surface area contributed by atoms with Gasteiger partial charge in [-0.2, -0.15) is 5.10 Å². The van der Waals surface area contributed by atoms with Crippen molar-refractivity contribution in [2.24, 2.45) is 0 Å². The van der Waals surface area contributed by atoms with Gasteiger partial charge in [0.1, 0.15) is 0 Å². The van der Waals surface area contributed by atoms with Gasteiger partial charge in [0, 0.05) is 24.5 Å². The first kappa shape index (κ1) is 12.3. The number of benzene rings is 1. The zero-order valence-corrected chi connectivity index (χ0v) is 11.6. The fraction of sp³-hybridized carbons (Fsp3) is 0.500. The number of nitrogens with one attached hydrogen (secondary N) is 1. The van der Waals surface area contributed by atoms with Crippen molar-refractivity contribution in [3.05, 3.63) is 18.3 Å². The number of hydrogen-bond acceptors (Lipinski definition) is 4. The molecule has 1 aromatic carbocycles. The van der Waals surface area contributed by atoms with E-state index in [0.29, 0.717) is 6.04 Å². The highest BCUT2D eigenvalue weighted by molar-refractivity contribution is 5.89. The van der Waals surface area contributed by atoms with E-state index in [9.17, 15) is 0 Å². The lowest BCUT2D eigenvalue weighted by Gasteiger charge is -2.30. The molecule has 1 aliphatic heterocycles. The summed E-state index contributed by atoms with van der Waals surface area (Å²) < 4.78 is 0. The first-order valence-electron chi connectivity index (χ1n) is 6.79. The fourth-order valence-corrected chi connectivity index (χ4v) is 3.01. The van der Waals surface area contributed by atoms with Gasteiger partial charge in [-0.1, -0.05) is 0 Å². The van der Waals surface area contributed by atoms with E-state index >= 15 is 0 Å². The minimum atomic E-state index is 0.553. The Morgan fingerprint density at radius 1 is 1.47 bits per heavy atom. The molecule has 1 aromatic heterocycles. The second kappa shape index (κ2) is 4.74. The molecule has 0 aliphatic carbocycles. The normalized spacial score (nSPS) is 19.7. The van der Waals surface area contributed by atoms with E-state index in [4.69, 9.17) is 5.73 Å². The highest BCUT2D eigenvalue weighted by Crippen LogP contribution is 2.33. The van der Waals surface area contributed by atoms with E-state index in [2.05, 4.69) is 40.2 Å². The second-order valence-corrected chi connectivity index (χ2v) is 5.62. The standard InChI is InChI=1S/C14H21N5/c1-18(2)9-11-4-3-5-19(11)14-7-13-10(6-12(14)15)8-16-17-13/h6-8,11H,3-5,9,15H2,1-2H3,(H,16,17). The average Bonchev–Trinajstić information content (AvgIpc) is 2.95. The summed E-state index contributed by atoms with van der Waals surface area (Å²) in [5, 5.41) is 8.17. The zero-order valence-electron chi connectivity index (χ0n) is 11.6. The number of aromatic nitrogens is 2. The van der Waals surface area contributed by atoms with E-state index in [0.717, 1.165) is 35.4 Å². The predicted molar refractivity (Wildman–Crippen MR) is 79.4 cm³/mol. The number of likely N-dealkylation sites (N-methyl/N-ethyl adjacent to an activating group) is 1. The average molecular weight is 259 g/mol. The van der Waals surface area contributed by atoms with E-state index in [1.807, 2.05) is 12.3 Å². The SMILES string of the molecule is CN(C)CC1CCCN1c1cc2[nH]ncc2cc1N. The van der Waals surface area contributed by atoms with Crippen LogP contribution in [0.1, 0.15) is 12.8 Å². The van der Waals surface area contributed by atoms with Crippen LogP contribution >= 0.6 is 0 Å². The van der Waals surface area contributed by atoms with Crippen molar-refractivity contribution in [3.8, 4) is 0 Å². The summed E-state index contributed by atoms with van der Waals surface area (Å²) in [6.07, 6.45) is 4.29. The molecular formula is C14H21N5. The lowest BCUT2D eigenvalue weighted by atomic mass is 10.1. The Balaban J connectivity index is 1.95. The third-order valence-corrected chi connectivity index (χ3v) is 3.85. The molecule has 5 nitrogen and oxygen atoms in total. The van der Waals surface area contributed by atoms with Crippen LogP contribution in [0.4, 0.5) is 11.4 Å². The third kappa shape index (κ3) is 2.26. The third-order valence-electron chi connectivity index (χ3n) is 3.85. The van der Waals surface area contributed by atoms with Crippen molar-refractivity contribution in [1.29, 1.82) is 0 Å². The van der Waals surface area contributed by atoms with E-state index < -0.39 is 0 Å². The van der Waals surface area contributed by atoms with Crippen molar-refractivity contribution < 1.29 is 0 Å². The van der Waals surface area contributed by atoms with Gasteiger partial charge >= 0.3 is 0 Å². The first-order valence-corrected chi connectivity index (χ1v) is 6.79. The molecule has 3 N–H and O–H groups in total. The molecule has 0 spiro atoms. The number of aromatic amines is 1. The van der Waals surface area contributed by atoms with Gasteiger partial charge in [0.25, 0.3) is 0 Å². The van der Waals surface area contributed by atoms with Crippen molar-refractivity contribution >= 4 is 22.3 Å². The van der Waals surface area contributed by atoms with Crippen molar-refractivity contribution in [2.45, 2.75) is 18.9 Å². The van der Waals surface area contributed by atoms with Crippen LogP contribution in [0.5, 0.6) is 0 Å². The molecule has 0 amide bonds. The number of hydrogen-bond donors (Lipinski definition) is 2. The largest absolute Gasteiger partial charge is 0.397 e. The lowest BCUT2D eigenvalue weighted by Crippen LogP contribution is -2.37. The molecule has 2 heterocycles. The number of nitrogens with zero attached hydrogens (tertiary/aromatic N) is 3. The zero-order chi connectivity index (χ0) is 13.4. The number of H-pyrrole nitrogens is 1. The first-order chi connectivity index (χ1) is 9.15. The molecule has 3 rings (SSSR count). The molecule has 0 bridgehead atoms. The molecule has 1 unspecified atom stereocenters. The van der Waals surface area contributed by atoms with Crippen LogP contribution in [0, 0.1) is 0 Å². The number of rotatable bonds is 3. The van der Waals surface area contributed by atoms with Gasteiger partial charge in [0.05, 0.1) is 23.1 Å². The fourth-order valence-electron chi connectivity index (χ4n) is 3.01. The van der Waals surface area contributed by atoms with Gasteiger partial charge in [-0.05, 0) is 39.1 Å². The van der Waals surface area contributed by atoms with Gasteiger partial charge in [0.2, 0.25) is 0 Å². The number of nitrogen functional groups attached to an aromatic ring is 1. The molecule has 5 heteroatoms. The minimum Gasteiger partial charge on any atom is -0.397 e. The van der Waals surface area contributed by atoms with Crippen LogP contribution in [0.25, 0.3) is 10.9 Å².